The minimum Gasteiger partial charge on any atom is -0.383 e. The van der Waals surface area contributed by atoms with E-state index in [2.05, 4.69) is 10.6 Å². The number of rotatable bonds is 2. The Bertz CT molecular complexity index is 525. The molecule has 0 saturated carbocycles. The molecule has 1 heterocycles. The van der Waals surface area contributed by atoms with Crippen LogP contribution < -0.4 is 10.6 Å². The van der Waals surface area contributed by atoms with Gasteiger partial charge in [0.2, 0.25) is 5.91 Å². The number of nitrogens with zero attached hydrogens (tertiary/aromatic N) is 1. The molecule has 1 aliphatic rings. The molecule has 108 valence electrons. The number of carbonyl (C=O) groups is 2. The van der Waals surface area contributed by atoms with E-state index in [0.717, 1.165) is 12.1 Å². The van der Waals surface area contributed by atoms with Gasteiger partial charge in [-0.3, -0.25) is 9.59 Å². The average molecular weight is 283 g/mol. The summed E-state index contributed by atoms with van der Waals surface area (Å²) in [4.78, 5) is 24.8. The fourth-order valence-corrected chi connectivity index (χ4v) is 2.09. The molecular weight excluding hydrogens is 268 g/mol. The summed E-state index contributed by atoms with van der Waals surface area (Å²) in [6.45, 7) is 0.896. The van der Waals surface area contributed by atoms with E-state index in [-0.39, 0.29) is 30.1 Å². The number of hydrogen-bond acceptors (Lipinski definition) is 3. The highest BCUT2D eigenvalue weighted by Gasteiger charge is 2.22. The molecule has 1 aliphatic heterocycles. The van der Waals surface area contributed by atoms with E-state index >= 15 is 0 Å². The van der Waals surface area contributed by atoms with E-state index in [1.165, 1.54) is 11.9 Å². The fourth-order valence-electron chi connectivity index (χ4n) is 2.09. The normalized spacial score (nSPS) is 15.6. The van der Waals surface area contributed by atoms with Gasteiger partial charge >= 0.3 is 0 Å². The highest BCUT2D eigenvalue weighted by Crippen LogP contribution is 2.21. The Hall–Kier alpha value is -2.18. The van der Waals surface area contributed by atoms with Crippen molar-refractivity contribution < 1.29 is 18.4 Å². The summed E-state index contributed by atoms with van der Waals surface area (Å²) >= 11 is 0. The van der Waals surface area contributed by atoms with E-state index in [0.29, 0.717) is 13.1 Å². The first-order valence-corrected chi connectivity index (χ1v) is 6.25. The Morgan fingerprint density at radius 2 is 1.95 bits per heavy atom. The molecule has 0 radical (unpaired) electrons. The summed E-state index contributed by atoms with van der Waals surface area (Å²) in [6, 6.07) is 1.99. The van der Waals surface area contributed by atoms with Gasteiger partial charge in [0.05, 0.1) is 0 Å². The van der Waals surface area contributed by atoms with Crippen molar-refractivity contribution in [2.24, 2.45) is 0 Å². The van der Waals surface area contributed by atoms with Crippen LogP contribution in [0.15, 0.2) is 12.1 Å². The molecule has 0 spiro atoms. The third kappa shape index (κ3) is 2.87. The summed E-state index contributed by atoms with van der Waals surface area (Å²) in [5, 5.41) is 5.03. The van der Waals surface area contributed by atoms with Crippen LogP contribution in [0.25, 0.3) is 0 Å². The van der Waals surface area contributed by atoms with Gasteiger partial charge in [0, 0.05) is 38.7 Å². The lowest BCUT2D eigenvalue weighted by atomic mass is 10.1. The Morgan fingerprint density at radius 3 is 2.55 bits per heavy atom. The Balaban J connectivity index is 2.22. The second-order valence-electron chi connectivity index (χ2n) is 4.46. The van der Waals surface area contributed by atoms with Crippen molar-refractivity contribution in [3.8, 4) is 0 Å². The molecule has 2 rings (SSSR count). The summed E-state index contributed by atoms with van der Waals surface area (Å²) in [5.74, 6) is -2.26. The molecule has 0 bridgehead atoms. The van der Waals surface area contributed by atoms with Crippen LogP contribution in [-0.2, 0) is 4.79 Å². The largest absolute Gasteiger partial charge is 0.383 e. The van der Waals surface area contributed by atoms with E-state index < -0.39 is 17.5 Å². The molecule has 2 N–H and O–H groups in total. The second-order valence-corrected chi connectivity index (χ2v) is 4.46. The van der Waals surface area contributed by atoms with Crippen LogP contribution in [0.5, 0.6) is 0 Å². The summed E-state index contributed by atoms with van der Waals surface area (Å²) in [6.07, 6.45) is 0.186. The molecule has 0 aliphatic carbocycles. The molecule has 7 heteroatoms. The van der Waals surface area contributed by atoms with Crippen molar-refractivity contribution in [2.45, 2.75) is 6.42 Å². The third-order valence-corrected chi connectivity index (χ3v) is 3.14. The first-order valence-electron chi connectivity index (χ1n) is 6.25. The van der Waals surface area contributed by atoms with Gasteiger partial charge in [-0.1, -0.05) is 0 Å². The number of hydrogen-bond donors (Lipinski definition) is 2. The van der Waals surface area contributed by atoms with Gasteiger partial charge < -0.3 is 15.5 Å². The van der Waals surface area contributed by atoms with Gasteiger partial charge in [-0.25, -0.2) is 8.78 Å². The Morgan fingerprint density at radius 1 is 1.30 bits per heavy atom. The summed E-state index contributed by atoms with van der Waals surface area (Å²) in [7, 11) is 1.40. The van der Waals surface area contributed by atoms with Gasteiger partial charge in [0.25, 0.3) is 5.91 Å². The van der Waals surface area contributed by atoms with Crippen LogP contribution in [0.4, 0.5) is 14.5 Å². The van der Waals surface area contributed by atoms with E-state index in [4.69, 9.17) is 0 Å². The van der Waals surface area contributed by atoms with Crippen LogP contribution in [0.3, 0.4) is 0 Å². The zero-order chi connectivity index (χ0) is 14.7. The lowest BCUT2D eigenvalue weighted by molar-refractivity contribution is -0.120. The Kier molecular flexibility index (Phi) is 4.16. The number of nitrogens with one attached hydrogen (secondary N) is 2. The molecule has 0 atom stereocenters. The van der Waals surface area contributed by atoms with Crippen LogP contribution in [0, 0.1) is 11.6 Å². The maximum Gasteiger partial charge on any atom is 0.254 e. The maximum absolute atomic E-state index is 13.6. The van der Waals surface area contributed by atoms with Crippen molar-refractivity contribution >= 4 is 17.5 Å². The third-order valence-electron chi connectivity index (χ3n) is 3.14. The first kappa shape index (κ1) is 14.2. The number of benzene rings is 1. The molecule has 0 unspecified atom stereocenters. The standard InChI is InChI=1S/C13H15F2N3O2/c1-16-12-9(14)6-8(7-10(12)15)13(20)18-4-2-11(19)17-3-5-18/h6-7,16H,2-5H2,1H3,(H,17,19). The SMILES string of the molecule is CNc1c(F)cc(C(=O)N2CCNC(=O)CC2)cc1F. The molecule has 1 fully saturated rings. The van der Waals surface area contributed by atoms with Crippen molar-refractivity contribution in [2.75, 3.05) is 32.0 Å². The predicted octanol–water partition coefficient (Wildman–Crippen LogP) is 0.969. The van der Waals surface area contributed by atoms with Crippen LogP contribution in [0.1, 0.15) is 16.8 Å². The molecule has 0 aromatic heterocycles. The van der Waals surface area contributed by atoms with Gasteiger partial charge in [-0.2, -0.15) is 0 Å². The lowest BCUT2D eigenvalue weighted by Crippen LogP contribution is -2.34. The minimum atomic E-state index is -0.820. The molecule has 2 amide bonds. The maximum atomic E-state index is 13.6. The summed E-state index contributed by atoms with van der Waals surface area (Å²) < 4.78 is 27.3. The zero-order valence-corrected chi connectivity index (χ0v) is 11.0. The lowest BCUT2D eigenvalue weighted by Gasteiger charge is -2.20. The summed E-state index contributed by atoms with van der Waals surface area (Å²) in [5.41, 5.74) is -0.331. The fraction of sp³-hybridized carbons (Fsp3) is 0.385. The number of halogens is 2. The molecule has 5 nitrogen and oxygen atoms in total. The monoisotopic (exact) mass is 283 g/mol. The molecular formula is C13H15F2N3O2. The minimum absolute atomic E-state index is 0.0617. The quantitative estimate of drug-likeness (QED) is 0.850. The molecule has 1 saturated heterocycles. The smallest absolute Gasteiger partial charge is 0.254 e. The molecule has 1 aromatic carbocycles. The van der Waals surface area contributed by atoms with Crippen molar-refractivity contribution in [3.05, 3.63) is 29.3 Å². The molecule has 20 heavy (non-hydrogen) atoms. The van der Waals surface area contributed by atoms with Gasteiger partial charge in [0.15, 0.2) is 0 Å². The van der Waals surface area contributed by atoms with Crippen LogP contribution >= 0.6 is 0 Å². The topological polar surface area (TPSA) is 61.4 Å². The van der Waals surface area contributed by atoms with Gasteiger partial charge in [0.1, 0.15) is 17.3 Å². The number of amides is 2. The second kappa shape index (κ2) is 5.85. The van der Waals surface area contributed by atoms with Crippen molar-refractivity contribution in [1.29, 1.82) is 0 Å². The Labute approximate surface area is 114 Å². The van der Waals surface area contributed by atoms with E-state index in [1.807, 2.05) is 0 Å². The average Bonchev–Trinajstić information content (AvgIpc) is 2.62. The van der Waals surface area contributed by atoms with E-state index in [9.17, 15) is 18.4 Å². The van der Waals surface area contributed by atoms with Gasteiger partial charge in [-0.05, 0) is 12.1 Å². The van der Waals surface area contributed by atoms with Crippen LogP contribution in [-0.4, -0.2) is 43.4 Å². The first-order chi connectivity index (χ1) is 9.52. The van der Waals surface area contributed by atoms with Crippen LogP contribution in [0.2, 0.25) is 0 Å². The van der Waals surface area contributed by atoms with Crippen molar-refractivity contribution in [3.63, 3.8) is 0 Å². The van der Waals surface area contributed by atoms with E-state index in [1.54, 1.807) is 0 Å². The highest BCUT2D eigenvalue weighted by molar-refractivity contribution is 5.95. The predicted molar refractivity (Wildman–Crippen MR) is 69.4 cm³/mol. The number of carbonyl (C=O) groups excluding carboxylic acids is 2. The van der Waals surface area contributed by atoms with Gasteiger partial charge in [-0.15, -0.1) is 0 Å². The number of anilines is 1. The molecule has 1 aromatic rings. The van der Waals surface area contributed by atoms with Crippen molar-refractivity contribution in [1.82, 2.24) is 10.2 Å². The highest BCUT2D eigenvalue weighted by atomic mass is 19.1. The zero-order valence-electron chi connectivity index (χ0n) is 11.0.